The molecular formula is C17H10ClN3O7. The molecule has 10 nitrogen and oxygen atoms in total. The zero-order valence-electron chi connectivity index (χ0n) is 14.1. The number of methoxy groups -OCH3 is 1. The molecule has 0 aromatic heterocycles. The highest BCUT2D eigenvalue weighted by Gasteiger charge is 2.27. The maximum absolute atomic E-state index is 12.2. The molecule has 0 spiro atoms. The molecule has 0 fully saturated rings. The van der Waals surface area contributed by atoms with Crippen molar-refractivity contribution in [1.82, 2.24) is 0 Å². The molecule has 3 rings (SSSR count). The Morgan fingerprint density at radius 2 is 1.75 bits per heavy atom. The third kappa shape index (κ3) is 3.67. The van der Waals surface area contributed by atoms with Gasteiger partial charge in [-0.2, -0.15) is 0 Å². The van der Waals surface area contributed by atoms with Crippen molar-refractivity contribution in [2.45, 2.75) is 0 Å². The zero-order valence-corrected chi connectivity index (χ0v) is 14.9. The van der Waals surface area contributed by atoms with Crippen molar-refractivity contribution in [2.24, 2.45) is 4.99 Å². The van der Waals surface area contributed by atoms with Crippen molar-refractivity contribution < 1.29 is 24.1 Å². The van der Waals surface area contributed by atoms with Crippen LogP contribution in [-0.4, -0.2) is 28.8 Å². The fraction of sp³-hybridized carbons (Fsp3) is 0.0588. The number of hydrogen-bond acceptors (Lipinski definition) is 8. The number of hydrogen-bond donors (Lipinski definition) is 0. The van der Waals surface area contributed by atoms with Crippen molar-refractivity contribution >= 4 is 40.9 Å². The summed E-state index contributed by atoms with van der Waals surface area (Å²) in [7, 11) is 1.37. The fourth-order valence-electron chi connectivity index (χ4n) is 2.41. The molecule has 2 aromatic rings. The first-order valence-electron chi connectivity index (χ1n) is 7.59. The zero-order chi connectivity index (χ0) is 20.4. The average Bonchev–Trinajstić information content (AvgIpc) is 3.02. The molecule has 1 aliphatic rings. The van der Waals surface area contributed by atoms with Gasteiger partial charge in [-0.1, -0.05) is 11.6 Å². The molecule has 1 aliphatic heterocycles. The van der Waals surface area contributed by atoms with Crippen LogP contribution in [0.2, 0.25) is 5.02 Å². The summed E-state index contributed by atoms with van der Waals surface area (Å²) in [6, 6.07) is 7.47. The van der Waals surface area contributed by atoms with E-state index in [-0.39, 0.29) is 44.9 Å². The van der Waals surface area contributed by atoms with Crippen molar-refractivity contribution in [3.8, 4) is 5.75 Å². The van der Waals surface area contributed by atoms with Crippen molar-refractivity contribution in [3.05, 3.63) is 78.5 Å². The van der Waals surface area contributed by atoms with Gasteiger partial charge in [0.1, 0.15) is 5.75 Å². The van der Waals surface area contributed by atoms with Gasteiger partial charge in [0.2, 0.25) is 5.90 Å². The van der Waals surface area contributed by atoms with E-state index in [4.69, 9.17) is 21.1 Å². The predicted molar refractivity (Wildman–Crippen MR) is 98.4 cm³/mol. The third-order valence-corrected chi connectivity index (χ3v) is 4.06. The number of rotatable bonds is 5. The first-order chi connectivity index (χ1) is 13.3. The van der Waals surface area contributed by atoms with E-state index in [1.165, 1.54) is 43.5 Å². The molecule has 0 saturated heterocycles. The molecule has 0 N–H and O–H groups in total. The second kappa shape index (κ2) is 7.45. The molecule has 28 heavy (non-hydrogen) atoms. The van der Waals surface area contributed by atoms with Gasteiger partial charge in [-0.15, -0.1) is 0 Å². The topological polar surface area (TPSA) is 134 Å². The van der Waals surface area contributed by atoms with Crippen molar-refractivity contribution in [3.63, 3.8) is 0 Å². The maximum atomic E-state index is 12.2. The second-order valence-electron chi connectivity index (χ2n) is 5.44. The van der Waals surface area contributed by atoms with Crippen LogP contribution in [-0.2, 0) is 9.53 Å². The molecule has 0 unspecified atom stereocenters. The number of carbonyl (C=O) groups excluding carboxylic acids is 1. The molecule has 11 heteroatoms. The van der Waals surface area contributed by atoms with Crippen LogP contribution in [0.1, 0.15) is 11.1 Å². The van der Waals surface area contributed by atoms with Gasteiger partial charge in [0.25, 0.3) is 11.4 Å². The number of cyclic esters (lactones) is 1. The monoisotopic (exact) mass is 403 g/mol. The van der Waals surface area contributed by atoms with E-state index in [9.17, 15) is 25.0 Å². The van der Waals surface area contributed by atoms with Crippen LogP contribution in [0.3, 0.4) is 0 Å². The molecule has 0 bridgehead atoms. The lowest BCUT2D eigenvalue weighted by atomic mass is 10.1. The first kappa shape index (κ1) is 19.0. The number of nitro benzene ring substituents is 2. The number of esters is 1. The van der Waals surface area contributed by atoms with Crippen molar-refractivity contribution in [2.75, 3.05) is 7.11 Å². The Kier molecular flexibility index (Phi) is 5.05. The smallest absolute Gasteiger partial charge is 0.363 e. The molecule has 0 aliphatic carbocycles. The highest BCUT2D eigenvalue weighted by atomic mass is 35.5. The van der Waals surface area contributed by atoms with Crippen LogP contribution < -0.4 is 4.74 Å². The first-order valence-corrected chi connectivity index (χ1v) is 7.97. The Hall–Kier alpha value is -3.79. The second-order valence-corrected chi connectivity index (χ2v) is 5.85. The van der Waals surface area contributed by atoms with Gasteiger partial charge in [0, 0.05) is 29.8 Å². The van der Waals surface area contributed by atoms with Gasteiger partial charge >= 0.3 is 5.97 Å². The van der Waals surface area contributed by atoms with Crippen LogP contribution in [0.15, 0.2) is 47.1 Å². The summed E-state index contributed by atoms with van der Waals surface area (Å²) in [4.78, 5) is 36.9. The Morgan fingerprint density at radius 3 is 2.39 bits per heavy atom. The summed E-state index contributed by atoms with van der Waals surface area (Å²) < 4.78 is 10.2. The Morgan fingerprint density at radius 1 is 1.11 bits per heavy atom. The minimum atomic E-state index is -0.842. The largest absolute Gasteiger partial charge is 0.496 e. The number of nitrogens with zero attached hydrogens (tertiary/aromatic N) is 3. The summed E-state index contributed by atoms with van der Waals surface area (Å²) in [5, 5.41) is 22.0. The minimum Gasteiger partial charge on any atom is -0.496 e. The Bertz CT molecular complexity index is 1080. The third-order valence-electron chi connectivity index (χ3n) is 3.73. The van der Waals surface area contributed by atoms with Gasteiger partial charge in [-0.3, -0.25) is 20.2 Å². The lowest BCUT2D eigenvalue weighted by Crippen LogP contribution is -2.06. The number of benzene rings is 2. The number of carbonyl (C=O) groups is 1. The predicted octanol–water partition coefficient (Wildman–Crippen LogP) is 3.51. The SMILES string of the molecule is COc1ccc([N+](=O)[O-])cc1/C=C1\N=C(c2cc([N+](=O)[O-])ccc2Cl)OC1=O. The molecule has 142 valence electrons. The van der Waals surface area contributed by atoms with Crippen LogP contribution in [0.5, 0.6) is 5.75 Å². The highest BCUT2D eigenvalue weighted by Crippen LogP contribution is 2.30. The molecule has 0 amide bonds. The molecule has 0 radical (unpaired) electrons. The highest BCUT2D eigenvalue weighted by molar-refractivity contribution is 6.34. The van der Waals surface area contributed by atoms with Gasteiger partial charge in [-0.05, 0) is 18.2 Å². The summed E-state index contributed by atoms with van der Waals surface area (Å²) in [6.45, 7) is 0. The summed E-state index contributed by atoms with van der Waals surface area (Å²) in [5.41, 5.74) is -0.324. The lowest BCUT2D eigenvalue weighted by Gasteiger charge is -2.04. The number of nitro groups is 2. The van der Waals surface area contributed by atoms with E-state index in [1.54, 1.807) is 0 Å². The van der Waals surface area contributed by atoms with Crippen molar-refractivity contribution in [1.29, 1.82) is 0 Å². The molecule has 0 atom stereocenters. The summed E-state index contributed by atoms with van der Waals surface area (Å²) in [5.74, 6) is -0.775. The normalized spacial score (nSPS) is 14.6. The standard InChI is InChI=1S/C17H10ClN3O7/c1-27-15-5-3-10(20(23)24)6-9(15)7-14-17(22)28-16(19-14)12-8-11(21(25)26)2-4-13(12)18/h2-8H,1H3/b14-7-. The molecule has 1 heterocycles. The van der Waals surface area contributed by atoms with Gasteiger partial charge in [0.15, 0.2) is 5.70 Å². The molecule has 0 saturated carbocycles. The Balaban J connectivity index is 2.06. The van der Waals surface area contributed by atoms with Crippen LogP contribution >= 0.6 is 11.6 Å². The molecule has 2 aromatic carbocycles. The summed E-state index contributed by atoms with van der Waals surface area (Å²) >= 11 is 6.03. The average molecular weight is 404 g/mol. The quantitative estimate of drug-likeness (QED) is 0.322. The van der Waals surface area contributed by atoms with Gasteiger partial charge < -0.3 is 9.47 Å². The number of non-ortho nitro benzene ring substituents is 2. The Labute approximate surface area is 162 Å². The van der Waals surface area contributed by atoms with E-state index < -0.39 is 15.8 Å². The maximum Gasteiger partial charge on any atom is 0.363 e. The van der Waals surface area contributed by atoms with E-state index in [1.807, 2.05) is 0 Å². The van der Waals surface area contributed by atoms with E-state index in [0.717, 1.165) is 6.07 Å². The number of ether oxygens (including phenoxy) is 2. The van der Waals surface area contributed by atoms with E-state index >= 15 is 0 Å². The van der Waals surface area contributed by atoms with Crippen LogP contribution in [0, 0.1) is 20.2 Å². The van der Waals surface area contributed by atoms with E-state index in [0.29, 0.717) is 0 Å². The van der Waals surface area contributed by atoms with Crippen LogP contribution in [0.25, 0.3) is 6.08 Å². The number of halogens is 1. The van der Waals surface area contributed by atoms with Gasteiger partial charge in [0.05, 0.1) is 27.5 Å². The van der Waals surface area contributed by atoms with Gasteiger partial charge in [-0.25, -0.2) is 9.79 Å². The number of aliphatic imine (C=N–C) groups is 1. The van der Waals surface area contributed by atoms with E-state index in [2.05, 4.69) is 4.99 Å². The molecular weight excluding hydrogens is 394 g/mol. The minimum absolute atomic E-state index is 0.0682. The summed E-state index contributed by atoms with van der Waals surface area (Å²) in [6.07, 6.45) is 1.26. The van der Waals surface area contributed by atoms with Crippen LogP contribution in [0.4, 0.5) is 11.4 Å². The fourth-order valence-corrected chi connectivity index (χ4v) is 2.61. The lowest BCUT2D eigenvalue weighted by molar-refractivity contribution is -0.385.